The van der Waals surface area contributed by atoms with E-state index in [2.05, 4.69) is 35.1 Å². The molecule has 1 atom stereocenters. The Morgan fingerprint density at radius 3 is 3.15 bits per heavy atom. The van der Waals surface area contributed by atoms with E-state index in [4.69, 9.17) is 5.73 Å². The molecular formula is C15H15N3OS. The molecule has 2 heterocycles. The molecule has 3 N–H and O–H groups in total. The van der Waals surface area contributed by atoms with E-state index in [1.54, 1.807) is 0 Å². The summed E-state index contributed by atoms with van der Waals surface area (Å²) in [6.45, 7) is 2.14. The number of nitrogens with two attached hydrogens (primary N) is 1. The maximum Gasteiger partial charge on any atom is 0.261 e. The van der Waals surface area contributed by atoms with Crippen molar-refractivity contribution in [3.05, 3.63) is 57.3 Å². The maximum absolute atomic E-state index is 11.9. The van der Waals surface area contributed by atoms with Crippen LogP contribution in [0.2, 0.25) is 0 Å². The second-order valence-corrected chi connectivity index (χ2v) is 5.83. The first kappa shape index (κ1) is 12.9. The smallest absolute Gasteiger partial charge is 0.261 e. The molecule has 0 spiro atoms. The second kappa shape index (κ2) is 5.09. The SMILES string of the molecule is CC(C1=CCC=CC=C1)c1cc2c(=O)[nH]c(N)nc2s1. The predicted octanol–water partition coefficient (Wildman–Crippen LogP) is 3.11. The van der Waals surface area contributed by atoms with E-state index in [0.29, 0.717) is 10.2 Å². The molecule has 0 aliphatic heterocycles. The lowest BCUT2D eigenvalue weighted by Gasteiger charge is -2.10. The van der Waals surface area contributed by atoms with Gasteiger partial charge in [0.1, 0.15) is 4.83 Å². The van der Waals surface area contributed by atoms with Crippen LogP contribution in [-0.4, -0.2) is 9.97 Å². The van der Waals surface area contributed by atoms with Crippen LogP contribution in [0.5, 0.6) is 0 Å². The Hall–Kier alpha value is -2.14. The Morgan fingerprint density at radius 2 is 2.30 bits per heavy atom. The van der Waals surface area contributed by atoms with Crippen LogP contribution in [0.4, 0.5) is 5.95 Å². The van der Waals surface area contributed by atoms with Gasteiger partial charge < -0.3 is 5.73 Å². The molecule has 2 aromatic rings. The van der Waals surface area contributed by atoms with Gasteiger partial charge in [-0.05, 0) is 18.1 Å². The number of hydrogen-bond donors (Lipinski definition) is 2. The van der Waals surface area contributed by atoms with Gasteiger partial charge in [0.05, 0.1) is 5.39 Å². The highest BCUT2D eigenvalue weighted by atomic mass is 32.1. The summed E-state index contributed by atoms with van der Waals surface area (Å²) in [4.78, 5) is 20.4. The van der Waals surface area contributed by atoms with Crippen molar-refractivity contribution in [2.24, 2.45) is 0 Å². The fraction of sp³-hybridized carbons (Fsp3) is 0.200. The van der Waals surface area contributed by atoms with Crippen molar-refractivity contribution in [1.82, 2.24) is 9.97 Å². The summed E-state index contributed by atoms with van der Waals surface area (Å²) >= 11 is 1.53. The van der Waals surface area contributed by atoms with Gasteiger partial charge in [0, 0.05) is 10.8 Å². The molecule has 0 saturated heterocycles. The Bertz CT molecular complexity index is 795. The average molecular weight is 285 g/mol. The van der Waals surface area contributed by atoms with Crippen molar-refractivity contribution < 1.29 is 0 Å². The summed E-state index contributed by atoms with van der Waals surface area (Å²) in [5, 5.41) is 0.613. The van der Waals surface area contributed by atoms with Crippen LogP contribution >= 0.6 is 11.3 Å². The summed E-state index contributed by atoms with van der Waals surface area (Å²) < 4.78 is 0. The Balaban J connectivity index is 2.04. The van der Waals surface area contributed by atoms with Crippen LogP contribution < -0.4 is 11.3 Å². The van der Waals surface area contributed by atoms with E-state index in [1.165, 1.54) is 16.9 Å². The van der Waals surface area contributed by atoms with Gasteiger partial charge >= 0.3 is 0 Å². The summed E-state index contributed by atoms with van der Waals surface area (Å²) in [6, 6.07) is 1.92. The topological polar surface area (TPSA) is 71.8 Å². The van der Waals surface area contributed by atoms with Crippen molar-refractivity contribution in [2.75, 3.05) is 5.73 Å². The van der Waals surface area contributed by atoms with Crippen molar-refractivity contribution in [3.63, 3.8) is 0 Å². The fourth-order valence-electron chi connectivity index (χ4n) is 2.26. The predicted molar refractivity (Wildman–Crippen MR) is 84.0 cm³/mol. The second-order valence-electron chi connectivity index (χ2n) is 4.77. The highest BCUT2D eigenvalue weighted by Gasteiger charge is 2.15. The van der Waals surface area contributed by atoms with E-state index in [9.17, 15) is 4.79 Å². The Morgan fingerprint density at radius 1 is 1.45 bits per heavy atom. The van der Waals surface area contributed by atoms with E-state index in [0.717, 1.165) is 11.3 Å². The van der Waals surface area contributed by atoms with Gasteiger partial charge in [-0.3, -0.25) is 9.78 Å². The van der Waals surface area contributed by atoms with Gasteiger partial charge in [0.25, 0.3) is 5.56 Å². The van der Waals surface area contributed by atoms with Crippen LogP contribution in [0.15, 0.2) is 46.8 Å². The normalized spacial score (nSPS) is 16.1. The number of anilines is 1. The molecule has 1 aliphatic carbocycles. The molecule has 1 aliphatic rings. The molecular weight excluding hydrogens is 270 g/mol. The lowest BCUT2D eigenvalue weighted by Crippen LogP contribution is -2.09. The molecule has 3 rings (SSSR count). The van der Waals surface area contributed by atoms with E-state index in [-0.39, 0.29) is 17.4 Å². The van der Waals surface area contributed by atoms with Crippen LogP contribution in [0.25, 0.3) is 10.2 Å². The standard InChI is InChI=1S/C15H15N3OS/c1-9(10-6-4-2-3-5-7-10)12-8-11-13(19)17-15(16)18-14(11)20-12/h2-4,6-9H,5H2,1H3,(H3,16,17,18,19). The Labute approximate surface area is 120 Å². The molecule has 102 valence electrons. The zero-order valence-electron chi connectivity index (χ0n) is 11.1. The number of rotatable bonds is 2. The minimum Gasteiger partial charge on any atom is -0.369 e. The molecule has 0 fully saturated rings. The van der Waals surface area contributed by atoms with Crippen LogP contribution in [0, 0.1) is 0 Å². The number of nitrogen functional groups attached to an aromatic ring is 1. The highest BCUT2D eigenvalue weighted by Crippen LogP contribution is 2.33. The number of hydrogen-bond acceptors (Lipinski definition) is 4. The first-order chi connectivity index (χ1) is 9.65. The van der Waals surface area contributed by atoms with Crippen LogP contribution in [0.1, 0.15) is 24.1 Å². The highest BCUT2D eigenvalue weighted by molar-refractivity contribution is 7.18. The van der Waals surface area contributed by atoms with Crippen molar-refractivity contribution in [1.29, 1.82) is 0 Å². The van der Waals surface area contributed by atoms with Gasteiger partial charge in [-0.25, -0.2) is 4.98 Å². The number of H-pyrrole nitrogens is 1. The van der Waals surface area contributed by atoms with E-state index < -0.39 is 0 Å². The minimum atomic E-state index is -0.172. The summed E-state index contributed by atoms with van der Waals surface area (Å²) in [7, 11) is 0. The number of nitrogens with zero attached hydrogens (tertiary/aromatic N) is 1. The molecule has 1 unspecified atom stereocenters. The van der Waals surface area contributed by atoms with Crippen LogP contribution in [0.3, 0.4) is 0 Å². The molecule has 5 heteroatoms. The summed E-state index contributed by atoms with van der Waals surface area (Å²) in [5.74, 6) is 0.410. The number of thiophene rings is 1. The zero-order valence-corrected chi connectivity index (χ0v) is 11.9. The molecule has 0 amide bonds. The molecule has 0 radical (unpaired) electrons. The monoisotopic (exact) mass is 285 g/mol. The number of fused-ring (bicyclic) bond motifs is 1. The summed E-state index contributed by atoms with van der Waals surface area (Å²) in [5.41, 5.74) is 6.67. The number of nitrogens with one attached hydrogen (secondary N) is 1. The third kappa shape index (κ3) is 2.32. The van der Waals surface area contributed by atoms with E-state index in [1.807, 2.05) is 18.2 Å². The number of allylic oxidation sites excluding steroid dienone is 6. The number of aromatic amines is 1. The first-order valence-electron chi connectivity index (χ1n) is 6.47. The third-order valence-electron chi connectivity index (χ3n) is 3.39. The van der Waals surface area contributed by atoms with Gasteiger partial charge in [0.15, 0.2) is 0 Å². The maximum atomic E-state index is 11.9. The lowest BCUT2D eigenvalue weighted by atomic mass is 9.98. The molecule has 20 heavy (non-hydrogen) atoms. The van der Waals surface area contributed by atoms with Crippen molar-refractivity contribution in [2.45, 2.75) is 19.3 Å². The Kier molecular flexibility index (Phi) is 3.28. The number of aromatic nitrogens is 2. The van der Waals surface area contributed by atoms with Crippen molar-refractivity contribution >= 4 is 27.5 Å². The quantitative estimate of drug-likeness (QED) is 0.890. The largest absolute Gasteiger partial charge is 0.369 e. The molecule has 0 bridgehead atoms. The van der Waals surface area contributed by atoms with Crippen LogP contribution in [-0.2, 0) is 0 Å². The van der Waals surface area contributed by atoms with Gasteiger partial charge in [0.2, 0.25) is 5.95 Å². The molecule has 4 nitrogen and oxygen atoms in total. The zero-order chi connectivity index (χ0) is 14.1. The van der Waals surface area contributed by atoms with Gasteiger partial charge in [-0.2, -0.15) is 0 Å². The fourth-order valence-corrected chi connectivity index (χ4v) is 3.38. The average Bonchev–Trinajstić information content (AvgIpc) is 2.66. The minimum absolute atomic E-state index is 0.168. The molecule has 0 aromatic carbocycles. The molecule has 2 aromatic heterocycles. The lowest BCUT2D eigenvalue weighted by molar-refractivity contribution is 0.941. The van der Waals surface area contributed by atoms with E-state index >= 15 is 0 Å². The van der Waals surface area contributed by atoms with Crippen molar-refractivity contribution in [3.8, 4) is 0 Å². The molecule has 0 saturated carbocycles. The first-order valence-corrected chi connectivity index (χ1v) is 7.29. The third-order valence-corrected chi connectivity index (χ3v) is 4.60. The van der Waals surface area contributed by atoms with Gasteiger partial charge in [-0.1, -0.05) is 37.3 Å². The van der Waals surface area contributed by atoms with Gasteiger partial charge in [-0.15, -0.1) is 11.3 Å². The summed E-state index contributed by atoms with van der Waals surface area (Å²) in [6.07, 6.45) is 11.5.